The Balaban J connectivity index is 2.37. The third-order valence-electron chi connectivity index (χ3n) is 2.85. The third-order valence-corrected chi connectivity index (χ3v) is 2.85. The lowest BCUT2D eigenvalue weighted by molar-refractivity contribution is -0.149. The minimum absolute atomic E-state index is 0.296. The second-order valence-corrected chi connectivity index (χ2v) is 4.08. The van der Waals surface area contributed by atoms with E-state index >= 15 is 0 Å². The summed E-state index contributed by atoms with van der Waals surface area (Å²) in [6, 6.07) is 0. The number of hydrogen-bond acceptors (Lipinski definition) is 5. The van der Waals surface area contributed by atoms with Crippen LogP contribution in [-0.2, 0) is 19.1 Å². The topological polar surface area (TPSA) is 86.5 Å². The molecule has 1 saturated carbocycles. The third kappa shape index (κ3) is 3.41. The molecular weight excluding hydrogens is 210 g/mol. The molecule has 5 nitrogen and oxygen atoms in total. The minimum Gasteiger partial charge on any atom is -0.462 e. The summed E-state index contributed by atoms with van der Waals surface area (Å²) in [5.41, 5.74) is 5.27. The second kappa shape index (κ2) is 6.37. The van der Waals surface area contributed by atoms with Crippen molar-refractivity contribution in [2.45, 2.75) is 31.8 Å². The van der Waals surface area contributed by atoms with Crippen LogP contribution in [-0.4, -0.2) is 31.2 Å². The molecule has 1 aliphatic rings. The maximum absolute atomic E-state index is 11.3. The molecule has 0 radical (unpaired) electrons. The number of hydrogen-bond donors (Lipinski definition) is 1. The zero-order valence-electron chi connectivity index (χ0n) is 9.13. The van der Waals surface area contributed by atoms with Crippen LogP contribution in [0.1, 0.15) is 25.7 Å². The average molecular weight is 227 g/mol. The molecule has 0 aliphatic heterocycles. The molecular formula is C11H17NO4. The van der Waals surface area contributed by atoms with Crippen LogP contribution in [0, 0.1) is 11.8 Å². The Morgan fingerprint density at radius 3 is 2.25 bits per heavy atom. The average Bonchev–Trinajstić information content (AvgIpc) is 2.68. The van der Waals surface area contributed by atoms with Crippen molar-refractivity contribution in [3.8, 4) is 0 Å². The lowest BCUT2D eigenvalue weighted by Gasteiger charge is -2.11. The summed E-state index contributed by atoms with van der Waals surface area (Å²) in [5.74, 6) is -0.902. The van der Waals surface area contributed by atoms with Gasteiger partial charge in [-0.05, 0) is 25.8 Å². The summed E-state index contributed by atoms with van der Waals surface area (Å²) in [4.78, 5) is 32.6. The Kier molecular flexibility index (Phi) is 5.11. The molecule has 0 amide bonds. The molecule has 2 N–H and O–H groups in total. The summed E-state index contributed by atoms with van der Waals surface area (Å²) in [7, 11) is 0. The smallest absolute Gasteiger partial charge is 0.306 e. The highest BCUT2D eigenvalue weighted by Crippen LogP contribution is 2.31. The Bertz CT molecular complexity index is 251. The van der Waals surface area contributed by atoms with Crippen LogP contribution in [0.2, 0.25) is 0 Å². The number of carbonyl (C=O) groups is 3. The van der Waals surface area contributed by atoms with Gasteiger partial charge >= 0.3 is 5.97 Å². The summed E-state index contributed by atoms with van der Waals surface area (Å²) in [6.45, 7) is 0.452. The lowest BCUT2D eigenvalue weighted by atomic mass is 10.00. The van der Waals surface area contributed by atoms with Crippen LogP contribution in [0.3, 0.4) is 0 Å². The van der Waals surface area contributed by atoms with Gasteiger partial charge in [-0.3, -0.25) is 4.79 Å². The predicted molar refractivity (Wildman–Crippen MR) is 56.5 cm³/mol. The molecule has 1 aliphatic carbocycles. The first kappa shape index (κ1) is 12.8. The van der Waals surface area contributed by atoms with Gasteiger partial charge in [-0.15, -0.1) is 0 Å². The van der Waals surface area contributed by atoms with E-state index in [0.717, 1.165) is 12.6 Å². The maximum atomic E-state index is 11.3. The van der Waals surface area contributed by atoms with Crippen molar-refractivity contribution in [3.63, 3.8) is 0 Å². The van der Waals surface area contributed by atoms with Gasteiger partial charge in [-0.1, -0.05) is 0 Å². The zero-order chi connectivity index (χ0) is 12.0. The summed E-state index contributed by atoms with van der Waals surface area (Å²) in [5, 5.41) is 0. The molecule has 2 atom stereocenters. The molecule has 0 aromatic heterocycles. The van der Waals surface area contributed by atoms with Gasteiger partial charge in [0.15, 0.2) is 0 Å². The number of carbonyl (C=O) groups excluding carboxylic acids is 3. The number of aldehydes is 2. The van der Waals surface area contributed by atoms with E-state index in [1.807, 2.05) is 0 Å². The zero-order valence-corrected chi connectivity index (χ0v) is 9.13. The van der Waals surface area contributed by atoms with E-state index in [4.69, 9.17) is 10.5 Å². The highest BCUT2D eigenvalue weighted by atomic mass is 16.5. The molecule has 0 saturated heterocycles. The standard InChI is InChI=1S/C11H17NO4/c12-3-1-2-11(15)16-10-4-8(6-13)9(5-10)7-14/h6-10H,1-5,12H2. The largest absolute Gasteiger partial charge is 0.462 e. The Morgan fingerprint density at radius 1 is 1.25 bits per heavy atom. The molecule has 0 bridgehead atoms. The maximum Gasteiger partial charge on any atom is 0.306 e. The molecule has 0 aromatic rings. The second-order valence-electron chi connectivity index (χ2n) is 4.08. The first-order valence-corrected chi connectivity index (χ1v) is 5.51. The molecule has 0 aromatic carbocycles. The number of nitrogens with two attached hydrogens (primary N) is 1. The fourth-order valence-electron chi connectivity index (χ4n) is 1.95. The molecule has 1 fully saturated rings. The quantitative estimate of drug-likeness (QED) is 0.512. The lowest BCUT2D eigenvalue weighted by Crippen LogP contribution is -2.16. The van der Waals surface area contributed by atoms with Gasteiger partial charge in [0.05, 0.1) is 0 Å². The first-order chi connectivity index (χ1) is 7.71. The normalized spacial score (nSPS) is 28.7. The number of rotatable bonds is 6. The molecule has 90 valence electrons. The number of esters is 1. The van der Waals surface area contributed by atoms with Gasteiger partial charge in [0.25, 0.3) is 0 Å². The van der Waals surface area contributed by atoms with Crippen LogP contribution in [0.25, 0.3) is 0 Å². The van der Waals surface area contributed by atoms with Crippen LogP contribution in [0.15, 0.2) is 0 Å². The summed E-state index contributed by atoms with van der Waals surface area (Å²) < 4.78 is 5.17. The molecule has 16 heavy (non-hydrogen) atoms. The Morgan fingerprint density at radius 2 is 1.81 bits per heavy atom. The van der Waals surface area contributed by atoms with Crippen LogP contribution in [0.5, 0.6) is 0 Å². The molecule has 0 spiro atoms. The van der Waals surface area contributed by atoms with E-state index < -0.39 is 0 Å². The van der Waals surface area contributed by atoms with Crippen molar-refractivity contribution in [3.05, 3.63) is 0 Å². The van der Waals surface area contributed by atoms with Gasteiger partial charge < -0.3 is 20.1 Å². The van der Waals surface area contributed by atoms with Crippen molar-refractivity contribution in [1.82, 2.24) is 0 Å². The van der Waals surface area contributed by atoms with Gasteiger partial charge in [-0.2, -0.15) is 0 Å². The SMILES string of the molecule is NCCCC(=O)OC1CC(C=O)C(C=O)C1. The van der Waals surface area contributed by atoms with Gasteiger partial charge in [0.2, 0.25) is 0 Å². The van der Waals surface area contributed by atoms with E-state index in [9.17, 15) is 14.4 Å². The van der Waals surface area contributed by atoms with Crippen molar-refractivity contribution in [1.29, 1.82) is 0 Å². The van der Waals surface area contributed by atoms with E-state index in [0.29, 0.717) is 32.2 Å². The first-order valence-electron chi connectivity index (χ1n) is 5.51. The summed E-state index contributed by atoms with van der Waals surface area (Å²) >= 11 is 0. The predicted octanol–water partition coefficient (Wildman–Crippen LogP) is 0.0611. The Labute approximate surface area is 94.3 Å². The van der Waals surface area contributed by atoms with E-state index in [1.54, 1.807) is 0 Å². The van der Waals surface area contributed by atoms with E-state index in [-0.39, 0.29) is 23.9 Å². The summed E-state index contributed by atoms with van der Waals surface area (Å²) in [6.07, 6.45) is 3.06. The van der Waals surface area contributed by atoms with Crippen molar-refractivity contribution in [2.24, 2.45) is 17.6 Å². The van der Waals surface area contributed by atoms with Crippen LogP contribution in [0.4, 0.5) is 0 Å². The molecule has 2 unspecified atom stereocenters. The monoisotopic (exact) mass is 227 g/mol. The van der Waals surface area contributed by atoms with Crippen LogP contribution < -0.4 is 5.73 Å². The highest BCUT2D eigenvalue weighted by Gasteiger charge is 2.35. The number of ether oxygens (including phenoxy) is 1. The fraction of sp³-hybridized carbons (Fsp3) is 0.727. The van der Waals surface area contributed by atoms with Crippen molar-refractivity contribution < 1.29 is 19.1 Å². The van der Waals surface area contributed by atoms with Crippen molar-refractivity contribution >= 4 is 18.5 Å². The highest BCUT2D eigenvalue weighted by molar-refractivity contribution is 5.70. The molecule has 5 heteroatoms. The van der Waals surface area contributed by atoms with E-state index in [2.05, 4.69) is 0 Å². The van der Waals surface area contributed by atoms with Gasteiger partial charge in [-0.25, -0.2) is 0 Å². The van der Waals surface area contributed by atoms with Crippen molar-refractivity contribution in [2.75, 3.05) is 6.54 Å². The Hall–Kier alpha value is -1.23. The van der Waals surface area contributed by atoms with Gasteiger partial charge in [0.1, 0.15) is 18.7 Å². The van der Waals surface area contributed by atoms with Crippen LogP contribution >= 0.6 is 0 Å². The molecule has 1 rings (SSSR count). The molecule has 0 heterocycles. The minimum atomic E-state index is -0.301. The fourth-order valence-corrected chi connectivity index (χ4v) is 1.95. The van der Waals surface area contributed by atoms with Gasteiger partial charge in [0, 0.05) is 18.3 Å². The van der Waals surface area contributed by atoms with E-state index in [1.165, 1.54) is 0 Å².